The SMILES string of the molecule is O=C(Nc1cccc(NC(=S)NC(=O)C(c2ccccc2)c2ccccc2)c1)c1ccccc1. The topological polar surface area (TPSA) is 70.2 Å². The standard InChI is InChI=1S/C28H23N3O2S/c32-26(22-15-8-3-9-16-22)29-23-17-10-18-24(19-23)30-28(34)31-27(33)25(20-11-4-1-5-12-20)21-13-6-2-7-14-21/h1-19,25H,(H,29,32)(H2,30,31,33,34). The van der Waals surface area contributed by atoms with E-state index in [1.807, 2.05) is 84.9 Å². The summed E-state index contributed by atoms with van der Waals surface area (Å²) in [6, 6.07) is 35.3. The molecule has 168 valence electrons. The molecule has 3 N–H and O–H groups in total. The number of carbonyl (C=O) groups excluding carboxylic acids is 2. The molecule has 0 radical (unpaired) electrons. The summed E-state index contributed by atoms with van der Waals surface area (Å²) in [5, 5.41) is 8.88. The minimum Gasteiger partial charge on any atom is -0.332 e. The summed E-state index contributed by atoms with van der Waals surface area (Å²) in [5.74, 6) is -0.940. The van der Waals surface area contributed by atoms with Crippen LogP contribution in [0.4, 0.5) is 11.4 Å². The Kier molecular flexibility index (Phi) is 7.42. The summed E-state index contributed by atoms with van der Waals surface area (Å²) in [6.07, 6.45) is 0. The van der Waals surface area contributed by atoms with Gasteiger partial charge < -0.3 is 16.0 Å². The molecule has 0 saturated heterocycles. The van der Waals surface area contributed by atoms with E-state index in [9.17, 15) is 9.59 Å². The van der Waals surface area contributed by atoms with Crippen molar-refractivity contribution in [2.75, 3.05) is 10.6 Å². The first-order valence-electron chi connectivity index (χ1n) is 10.8. The normalized spacial score (nSPS) is 10.4. The number of nitrogens with one attached hydrogen (secondary N) is 3. The quantitative estimate of drug-likeness (QED) is 0.325. The lowest BCUT2D eigenvalue weighted by Crippen LogP contribution is -2.37. The predicted octanol–water partition coefficient (Wildman–Crippen LogP) is 5.58. The van der Waals surface area contributed by atoms with Crippen LogP contribution in [0.25, 0.3) is 0 Å². The highest BCUT2D eigenvalue weighted by atomic mass is 32.1. The van der Waals surface area contributed by atoms with Crippen LogP contribution in [-0.2, 0) is 4.79 Å². The van der Waals surface area contributed by atoms with Crippen LogP contribution >= 0.6 is 12.2 Å². The Balaban J connectivity index is 1.44. The van der Waals surface area contributed by atoms with E-state index in [1.54, 1.807) is 30.3 Å². The van der Waals surface area contributed by atoms with Gasteiger partial charge in [-0.1, -0.05) is 84.9 Å². The van der Waals surface area contributed by atoms with Gasteiger partial charge in [0.05, 0.1) is 5.92 Å². The summed E-state index contributed by atoms with van der Waals surface area (Å²) in [7, 11) is 0. The molecule has 4 aromatic carbocycles. The Bertz CT molecular complexity index is 1240. The van der Waals surface area contributed by atoms with Crippen molar-refractivity contribution in [3.8, 4) is 0 Å². The molecule has 0 fully saturated rings. The van der Waals surface area contributed by atoms with E-state index in [0.717, 1.165) is 11.1 Å². The van der Waals surface area contributed by atoms with Crippen LogP contribution < -0.4 is 16.0 Å². The molecular weight excluding hydrogens is 442 g/mol. The largest absolute Gasteiger partial charge is 0.332 e. The first kappa shape index (κ1) is 22.9. The summed E-state index contributed by atoms with van der Waals surface area (Å²) in [6.45, 7) is 0. The Labute approximate surface area is 203 Å². The van der Waals surface area contributed by atoms with Gasteiger partial charge in [0, 0.05) is 16.9 Å². The first-order chi connectivity index (χ1) is 16.6. The molecule has 4 aromatic rings. The van der Waals surface area contributed by atoms with Gasteiger partial charge >= 0.3 is 0 Å². The van der Waals surface area contributed by atoms with Gasteiger partial charge in [-0.3, -0.25) is 9.59 Å². The van der Waals surface area contributed by atoms with Gasteiger partial charge in [0.1, 0.15) is 0 Å². The number of benzene rings is 4. The molecule has 0 saturated carbocycles. The van der Waals surface area contributed by atoms with Gasteiger partial charge in [-0.05, 0) is 53.7 Å². The second-order valence-corrected chi connectivity index (χ2v) is 8.01. The average Bonchev–Trinajstić information content (AvgIpc) is 2.86. The average molecular weight is 466 g/mol. The number of thiocarbonyl (C=S) groups is 1. The monoisotopic (exact) mass is 465 g/mol. The van der Waals surface area contributed by atoms with Crippen LogP contribution in [0.2, 0.25) is 0 Å². The highest BCUT2D eigenvalue weighted by molar-refractivity contribution is 7.80. The van der Waals surface area contributed by atoms with E-state index in [4.69, 9.17) is 12.2 Å². The molecule has 0 spiro atoms. The molecule has 4 rings (SSSR count). The summed E-state index contributed by atoms with van der Waals surface area (Å²) >= 11 is 5.41. The fourth-order valence-electron chi connectivity index (χ4n) is 3.60. The lowest BCUT2D eigenvalue weighted by atomic mass is 9.90. The molecule has 34 heavy (non-hydrogen) atoms. The Morgan fingerprint density at radius 3 is 1.68 bits per heavy atom. The Morgan fingerprint density at radius 1 is 0.618 bits per heavy atom. The third-order valence-electron chi connectivity index (χ3n) is 5.18. The van der Waals surface area contributed by atoms with Crippen molar-refractivity contribution in [2.24, 2.45) is 0 Å². The van der Waals surface area contributed by atoms with Crippen LogP contribution in [0, 0.1) is 0 Å². The number of rotatable bonds is 6. The van der Waals surface area contributed by atoms with Crippen molar-refractivity contribution < 1.29 is 9.59 Å². The molecule has 0 unspecified atom stereocenters. The fourth-order valence-corrected chi connectivity index (χ4v) is 3.82. The maximum atomic E-state index is 13.2. The summed E-state index contributed by atoms with van der Waals surface area (Å²) in [5.41, 5.74) is 3.57. The molecule has 0 atom stereocenters. The summed E-state index contributed by atoms with van der Waals surface area (Å²) in [4.78, 5) is 25.6. The van der Waals surface area contributed by atoms with Gasteiger partial charge in [-0.25, -0.2) is 0 Å². The zero-order valence-electron chi connectivity index (χ0n) is 18.3. The van der Waals surface area contributed by atoms with E-state index in [0.29, 0.717) is 16.9 Å². The molecule has 0 aromatic heterocycles. The third-order valence-corrected chi connectivity index (χ3v) is 5.38. The molecule has 0 aliphatic heterocycles. The minimum absolute atomic E-state index is 0.174. The minimum atomic E-state index is -0.501. The van der Waals surface area contributed by atoms with Gasteiger partial charge in [0.2, 0.25) is 5.91 Å². The van der Waals surface area contributed by atoms with Crippen molar-refractivity contribution in [1.29, 1.82) is 0 Å². The molecule has 5 nitrogen and oxygen atoms in total. The lowest BCUT2D eigenvalue weighted by molar-refractivity contribution is -0.120. The van der Waals surface area contributed by atoms with E-state index in [1.165, 1.54) is 0 Å². The fraction of sp³-hybridized carbons (Fsp3) is 0.0357. The van der Waals surface area contributed by atoms with Crippen molar-refractivity contribution in [3.63, 3.8) is 0 Å². The number of amides is 2. The number of hydrogen-bond donors (Lipinski definition) is 3. The number of carbonyl (C=O) groups is 2. The van der Waals surface area contributed by atoms with E-state index in [2.05, 4.69) is 16.0 Å². The van der Waals surface area contributed by atoms with Crippen LogP contribution in [0.5, 0.6) is 0 Å². The second-order valence-electron chi connectivity index (χ2n) is 7.60. The highest BCUT2D eigenvalue weighted by Crippen LogP contribution is 2.25. The zero-order valence-corrected chi connectivity index (χ0v) is 19.1. The maximum absolute atomic E-state index is 13.2. The highest BCUT2D eigenvalue weighted by Gasteiger charge is 2.23. The van der Waals surface area contributed by atoms with E-state index < -0.39 is 5.92 Å². The Hall–Kier alpha value is -4.29. The van der Waals surface area contributed by atoms with Gasteiger partial charge in [-0.15, -0.1) is 0 Å². The van der Waals surface area contributed by atoms with E-state index >= 15 is 0 Å². The lowest BCUT2D eigenvalue weighted by Gasteiger charge is -2.19. The van der Waals surface area contributed by atoms with Gasteiger partial charge in [-0.2, -0.15) is 0 Å². The predicted molar refractivity (Wildman–Crippen MR) is 140 cm³/mol. The second kappa shape index (κ2) is 11.0. The molecule has 0 aliphatic rings. The van der Waals surface area contributed by atoms with Crippen molar-refractivity contribution in [1.82, 2.24) is 5.32 Å². The van der Waals surface area contributed by atoms with E-state index in [-0.39, 0.29) is 16.9 Å². The van der Waals surface area contributed by atoms with Crippen molar-refractivity contribution in [2.45, 2.75) is 5.92 Å². The number of hydrogen-bond acceptors (Lipinski definition) is 3. The molecule has 0 bridgehead atoms. The number of anilines is 2. The molecular formula is C28H23N3O2S. The molecule has 0 aliphatic carbocycles. The maximum Gasteiger partial charge on any atom is 0.255 e. The van der Waals surface area contributed by atoms with Crippen molar-refractivity contribution in [3.05, 3.63) is 132 Å². The molecule has 0 heterocycles. The third kappa shape index (κ3) is 5.94. The first-order valence-corrected chi connectivity index (χ1v) is 11.2. The zero-order chi connectivity index (χ0) is 23.8. The van der Waals surface area contributed by atoms with Crippen LogP contribution in [0.1, 0.15) is 27.4 Å². The van der Waals surface area contributed by atoms with Crippen molar-refractivity contribution >= 4 is 40.5 Å². The molecule has 6 heteroatoms. The summed E-state index contributed by atoms with van der Waals surface area (Å²) < 4.78 is 0. The Morgan fingerprint density at radius 2 is 1.12 bits per heavy atom. The van der Waals surface area contributed by atoms with Crippen LogP contribution in [0.3, 0.4) is 0 Å². The molecule has 2 amide bonds. The van der Waals surface area contributed by atoms with Gasteiger partial charge in [0.25, 0.3) is 5.91 Å². The van der Waals surface area contributed by atoms with Crippen LogP contribution in [-0.4, -0.2) is 16.9 Å². The van der Waals surface area contributed by atoms with Crippen LogP contribution in [0.15, 0.2) is 115 Å². The van der Waals surface area contributed by atoms with Gasteiger partial charge in [0.15, 0.2) is 5.11 Å². The smallest absolute Gasteiger partial charge is 0.255 e.